The molecule has 0 fully saturated rings. The summed E-state index contributed by atoms with van der Waals surface area (Å²) in [6, 6.07) is 10.5. The monoisotopic (exact) mass is 319 g/mol. The number of hydrogen-bond acceptors (Lipinski definition) is 5. The zero-order chi connectivity index (χ0) is 18.1. The van der Waals surface area contributed by atoms with Crippen LogP contribution in [0.4, 0.5) is 0 Å². The van der Waals surface area contributed by atoms with Crippen LogP contribution in [0, 0.1) is 79.8 Å². The molecule has 0 radical (unpaired) electrons. The largest absolute Gasteiger partial charge is 0.198 e. The van der Waals surface area contributed by atoms with Crippen molar-refractivity contribution < 1.29 is 0 Å². The van der Waals surface area contributed by atoms with Gasteiger partial charge in [-0.15, -0.1) is 0 Å². The van der Waals surface area contributed by atoms with E-state index in [2.05, 4.69) is 42.2 Å². The van der Waals surface area contributed by atoms with Crippen molar-refractivity contribution >= 4 is 0 Å². The van der Waals surface area contributed by atoms with Crippen LogP contribution in [0.25, 0.3) is 0 Å². The maximum absolute atomic E-state index is 8.89. The summed E-state index contributed by atoms with van der Waals surface area (Å²) in [6.45, 7) is 0. The first-order valence-corrected chi connectivity index (χ1v) is 8.05. The van der Waals surface area contributed by atoms with Gasteiger partial charge in [0, 0.05) is 43.4 Å². The highest BCUT2D eigenvalue weighted by molar-refractivity contribution is 5.16. The van der Waals surface area contributed by atoms with E-state index in [0.29, 0.717) is 64.2 Å². The summed E-state index contributed by atoms with van der Waals surface area (Å²) in [4.78, 5) is 0. The summed E-state index contributed by atoms with van der Waals surface area (Å²) in [5.41, 5.74) is -0.515. The van der Waals surface area contributed by atoms with Crippen LogP contribution < -0.4 is 0 Å². The SMILES string of the molecule is N#CCCC(C#CC(CCC#N)(CCC#N)CCC#N)CCC#N. The normalized spacial score (nSPS) is 9.50. The van der Waals surface area contributed by atoms with Gasteiger partial charge in [0.1, 0.15) is 0 Å². The zero-order valence-electron chi connectivity index (χ0n) is 13.9. The van der Waals surface area contributed by atoms with Gasteiger partial charge >= 0.3 is 0 Å². The van der Waals surface area contributed by atoms with Crippen LogP contribution in [0.2, 0.25) is 0 Å². The van der Waals surface area contributed by atoms with Crippen LogP contribution in [0.3, 0.4) is 0 Å². The minimum absolute atomic E-state index is 0.0464. The lowest BCUT2D eigenvalue weighted by Gasteiger charge is -2.26. The average molecular weight is 319 g/mol. The van der Waals surface area contributed by atoms with Gasteiger partial charge in [-0.3, -0.25) is 0 Å². The van der Waals surface area contributed by atoms with Crippen LogP contribution in [0.1, 0.15) is 64.2 Å². The van der Waals surface area contributed by atoms with Gasteiger partial charge in [0.25, 0.3) is 0 Å². The zero-order valence-corrected chi connectivity index (χ0v) is 13.9. The second-order valence-electron chi connectivity index (χ2n) is 5.61. The van der Waals surface area contributed by atoms with Crippen LogP contribution in [0.5, 0.6) is 0 Å². The van der Waals surface area contributed by atoms with E-state index in [0.717, 1.165) is 0 Å². The van der Waals surface area contributed by atoms with Gasteiger partial charge in [-0.2, -0.15) is 26.3 Å². The van der Waals surface area contributed by atoms with Crippen LogP contribution in [0.15, 0.2) is 0 Å². The third-order valence-electron chi connectivity index (χ3n) is 3.90. The van der Waals surface area contributed by atoms with Crippen molar-refractivity contribution in [3.05, 3.63) is 0 Å². The molecule has 0 unspecified atom stereocenters. The molecule has 0 saturated carbocycles. The Bertz CT molecular complexity index is 570. The third kappa shape index (κ3) is 9.11. The Hall–Kier alpha value is -2.99. The van der Waals surface area contributed by atoms with Crippen molar-refractivity contribution in [1.29, 1.82) is 26.3 Å². The molecule has 0 aromatic carbocycles. The maximum atomic E-state index is 8.89. The molecule has 5 heteroatoms. The molecule has 122 valence electrons. The molecule has 0 aromatic rings. The quantitative estimate of drug-likeness (QED) is 0.561. The molecule has 0 aliphatic heterocycles. The molecule has 0 aliphatic carbocycles. The Labute approximate surface area is 144 Å². The number of nitriles is 5. The van der Waals surface area contributed by atoms with Gasteiger partial charge in [0.15, 0.2) is 0 Å². The summed E-state index contributed by atoms with van der Waals surface area (Å²) in [7, 11) is 0. The Morgan fingerprint density at radius 2 is 0.958 bits per heavy atom. The summed E-state index contributed by atoms with van der Waals surface area (Å²) < 4.78 is 0. The van der Waals surface area contributed by atoms with Gasteiger partial charge < -0.3 is 0 Å². The van der Waals surface area contributed by atoms with E-state index in [9.17, 15) is 0 Å². The Morgan fingerprint density at radius 3 is 1.29 bits per heavy atom. The minimum atomic E-state index is -0.515. The highest BCUT2D eigenvalue weighted by Crippen LogP contribution is 2.34. The van der Waals surface area contributed by atoms with Gasteiger partial charge in [0.2, 0.25) is 0 Å². The lowest BCUT2D eigenvalue weighted by molar-refractivity contribution is 0.323. The van der Waals surface area contributed by atoms with Gasteiger partial charge in [-0.1, -0.05) is 11.8 Å². The first kappa shape index (κ1) is 21.0. The van der Waals surface area contributed by atoms with E-state index < -0.39 is 5.41 Å². The van der Waals surface area contributed by atoms with Gasteiger partial charge in [-0.25, -0.2) is 0 Å². The molecular formula is C19H21N5. The smallest absolute Gasteiger partial charge is 0.0622 e. The number of nitrogens with zero attached hydrogens (tertiary/aromatic N) is 5. The molecule has 0 heterocycles. The summed E-state index contributed by atoms with van der Waals surface area (Å²) in [5.74, 6) is 6.36. The average Bonchev–Trinajstić information content (AvgIpc) is 2.61. The molecule has 0 atom stereocenters. The first-order valence-electron chi connectivity index (χ1n) is 8.05. The maximum Gasteiger partial charge on any atom is 0.0622 e. The molecule has 0 rings (SSSR count). The minimum Gasteiger partial charge on any atom is -0.198 e. The standard InChI is InChI=1S/C19H21N5/c20-13-1-6-18(7-2-14-21)8-12-19(9-3-15-22,10-4-16-23)11-5-17-24/h18H,1-7,9-11H2. The fourth-order valence-electron chi connectivity index (χ4n) is 2.47. The molecule has 0 bridgehead atoms. The van der Waals surface area contributed by atoms with E-state index in [4.69, 9.17) is 26.3 Å². The number of hydrogen-bond donors (Lipinski definition) is 0. The summed E-state index contributed by atoms with van der Waals surface area (Å²) in [6.07, 6.45) is 4.55. The van der Waals surface area contributed by atoms with Crippen molar-refractivity contribution in [2.75, 3.05) is 0 Å². The molecule has 0 aliphatic rings. The fourth-order valence-corrected chi connectivity index (χ4v) is 2.47. The van der Waals surface area contributed by atoms with Crippen LogP contribution >= 0.6 is 0 Å². The summed E-state index contributed by atoms with van der Waals surface area (Å²) >= 11 is 0. The highest BCUT2D eigenvalue weighted by atomic mass is 14.3. The van der Waals surface area contributed by atoms with E-state index in [1.807, 2.05) is 0 Å². The molecule has 0 amide bonds. The molecule has 0 aromatic heterocycles. The van der Waals surface area contributed by atoms with E-state index in [1.54, 1.807) is 0 Å². The second-order valence-corrected chi connectivity index (χ2v) is 5.61. The topological polar surface area (TPSA) is 119 Å². The van der Waals surface area contributed by atoms with E-state index in [1.165, 1.54) is 0 Å². The Kier molecular flexibility index (Phi) is 12.0. The predicted octanol–water partition coefficient (Wildman–Crippen LogP) is 4.11. The molecule has 0 N–H and O–H groups in total. The van der Waals surface area contributed by atoms with E-state index >= 15 is 0 Å². The Balaban J connectivity index is 5.39. The van der Waals surface area contributed by atoms with Crippen molar-refractivity contribution in [1.82, 2.24) is 0 Å². The molecule has 0 spiro atoms. The molecule has 5 nitrogen and oxygen atoms in total. The summed E-state index contributed by atoms with van der Waals surface area (Å²) in [5, 5.41) is 44.2. The fraction of sp³-hybridized carbons (Fsp3) is 0.632. The van der Waals surface area contributed by atoms with Gasteiger partial charge in [-0.05, 0) is 32.1 Å². The van der Waals surface area contributed by atoms with Crippen molar-refractivity contribution in [2.45, 2.75) is 64.2 Å². The lowest BCUT2D eigenvalue weighted by Crippen LogP contribution is -2.19. The van der Waals surface area contributed by atoms with Crippen LogP contribution in [-0.2, 0) is 0 Å². The molecule has 24 heavy (non-hydrogen) atoms. The van der Waals surface area contributed by atoms with Crippen molar-refractivity contribution in [3.63, 3.8) is 0 Å². The lowest BCUT2D eigenvalue weighted by atomic mass is 9.75. The number of rotatable bonds is 10. The van der Waals surface area contributed by atoms with Crippen molar-refractivity contribution in [3.8, 4) is 42.2 Å². The second kappa shape index (κ2) is 13.7. The first-order chi connectivity index (χ1) is 11.7. The van der Waals surface area contributed by atoms with Crippen LogP contribution in [-0.4, -0.2) is 0 Å². The predicted molar refractivity (Wildman–Crippen MR) is 87.9 cm³/mol. The van der Waals surface area contributed by atoms with Gasteiger partial charge in [0.05, 0.1) is 30.3 Å². The highest BCUT2D eigenvalue weighted by Gasteiger charge is 2.27. The molecular weight excluding hydrogens is 298 g/mol. The van der Waals surface area contributed by atoms with Crippen molar-refractivity contribution in [2.24, 2.45) is 11.3 Å². The van der Waals surface area contributed by atoms with E-state index in [-0.39, 0.29) is 5.92 Å². The third-order valence-corrected chi connectivity index (χ3v) is 3.90. The molecule has 0 saturated heterocycles. The Morgan fingerprint density at radius 1 is 0.583 bits per heavy atom.